The smallest absolute Gasteiger partial charge is 0.512 e. The van der Waals surface area contributed by atoms with Gasteiger partial charge >= 0.3 is 17.6 Å². The van der Waals surface area contributed by atoms with Crippen molar-refractivity contribution in [3.8, 4) is 5.75 Å². The lowest BCUT2D eigenvalue weighted by Crippen LogP contribution is -2.46. The molecule has 0 N–H and O–H groups in total. The molecule has 1 aromatic rings. The Morgan fingerprint density at radius 2 is 1.88 bits per heavy atom. The summed E-state index contributed by atoms with van der Waals surface area (Å²) in [5, 5.41) is 11.8. The van der Waals surface area contributed by atoms with Crippen molar-refractivity contribution in [1.82, 2.24) is 0 Å². The van der Waals surface area contributed by atoms with E-state index in [-0.39, 0.29) is 12.5 Å². The van der Waals surface area contributed by atoms with Crippen molar-refractivity contribution in [2.24, 2.45) is 0 Å². The van der Waals surface area contributed by atoms with Gasteiger partial charge in [0.25, 0.3) is 0 Å². The molecule has 0 saturated carbocycles. The molecule has 1 heterocycles. The molecular formula is C17H21NO6. The first-order chi connectivity index (χ1) is 11.2. The molecule has 1 aliphatic heterocycles. The number of rotatable bonds is 3. The molecule has 1 saturated heterocycles. The third kappa shape index (κ3) is 3.98. The van der Waals surface area contributed by atoms with Crippen LogP contribution in [-0.4, -0.2) is 38.2 Å². The number of nitrogens with zero attached hydrogens (tertiary/aromatic N) is 1. The van der Waals surface area contributed by atoms with E-state index in [2.05, 4.69) is 4.74 Å². The molecular weight excluding hydrogens is 314 g/mol. The molecule has 0 spiro atoms. The van der Waals surface area contributed by atoms with Gasteiger partial charge in [-0.3, -0.25) is 14.4 Å². The number of anilines is 1. The molecule has 0 unspecified atom stereocenters. The van der Waals surface area contributed by atoms with Crippen molar-refractivity contribution >= 4 is 17.6 Å². The molecule has 2 rings (SSSR count). The van der Waals surface area contributed by atoms with Gasteiger partial charge in [0.05, 0.1) is 7.11 Å². The fourth-order valence-corrected chi connectivity index (χ4v) is 2.10. The number of hydrogen-bond acceptors (Lipinski definition) is 5. The first-order valence-corrected chi connectivity index (χ1v) is 7.39. The molecule has 24 heavy (non-hydrogen) atoms. The number of carbonyl (C=O) groups is 1. The number of ether oxygens (including phenoxy) is 3. The highest BCUT2D eigenvalue weighted by molar-refractivity contribution is 6.10. The van der Waals surface area contributed by atoms with Crippen molar-refractivity contribution in [1.29, 1.82) is 0 Å². The van der Waals surface area contributed by atoms with Crippen LogP contribution in [0.4, 0.5) is 5.69 Å². The van der Waals surface area contributed by atoms with Crippen LogP contribution in [0.25, 0.3) is 0 Å². The van der Waals surface area contributed by atoms with Gasteiger partial charge in [-0.1, -0.05) is 0 Å². The van der Waals surface area contributed by atoms with Crippen molar-refractivity contribution in [3.05, 3.63) is 36.0 Å². The topological polar surface area (TPSA) is 82.4 Å². The predicted octanol–water partition coefficient (Wildman–Crippen LogP) is 1.09. The van der Waals surface area contributed by atoms with Gasteiger partial charge in [-0.2, -0.15) is 0 Å². The molecule has 1 fully saturated rings. The molecule has 7 heteroatoms. The molecule has 0 aromatic heterocycles. The van der Waals surface area contributed by atoms with Crippen molar-refractivity contribution in [2.45, 2.75) is 26.4 Å². The van der Waals surface area contributed by atoms with Gasteiger partial charge in [-0.25, -0.2) is 0 Å². The monoisotopic (exact) mass is 335 g/mol. The summed E-state index contributed by atoms with van der Waals surface area (Å²) < 4.78 is 20.8. The average Bonchev–Trinajstić information content (AvgIpc) is 2.54. The van der Waals surface area contributed by atoms with Crippen LogP contribution < -0.4 is 14.7 Å². The SMILES string of the molecule is CO/C([O-])=C1/OC(=[O+]C(C)(C)C)CN(c2ccc(OC)cc2)C1=O. The Kier molecular flexibility index (Phi) is 5.02. The van der Waals surface area contributed by atoms with Crippen molar-refractivity contribution in [2.75, 3.05) is 25.7 Å². The molecule has 0 bridgehead atoms. The van der Waals surface area contributed by atoms with Gasteiger partial charge in [0, 0.05) is 26.5 Å². The molecule has 1 aliphatic rings. The minimum atomic E-state index is -0.853. The minimum absolute atomic E-state index is 0.0723. The van der Waals surface area contributed by atoms with Gasteiger partial charge in [-0.05, 0) is 31.4 Å². The van der Waals surface area contributed by atoms with E-state index >= 15 is 0 Å². The van der Waals surface area contributed by atoms with E-state index < -0.39 is 23.2 Å². The number of morpholine rings is 1. The van der Waals surface area contributed by atoms with Crippen LogP contribution in [0.1, 0.15) is 20.8 Å². The van der Waals surface area contributed by atoms with Gasteiger partial charge in [0.15, 0.2) is 12.1 Å². The molecule has 0 radical (unpaired) electrons. The Morgan fingerprint density at radius 3 is 2.38 bits per heavy atom. The lowest BCUT2D eigenvalue weighted by molar-refractivity contribution is -0.547. The summed E-state index contributed by atoms with van der Waals surface area (Å²) in [6.45, 7) is 5.60. The number of esters is 1. The van der Waals surface area contributed by atoms with Gasteiger partial charge in [0.1, 0.15) is 11.7 Å². The number of amides is 1. The van der Waals surface area contributed by atoms with Gasteiger partial charge in [-0.15, -0.1) is 0 Å². The zero-order valence-corrected chi connectivity index (χ0v) is 14.4. The van der Waals surface area contributed by atoms with Crippen LogP contribution >= 0.6 is 0 Å². The number of hydrogen-bond donors (Lipinski definition) is 0. The zero-order valence-electron chi connectivity index (χ0n) is 14.4. The predicted molar refractivity (Wildman–Crippen MR) is 85.2 cm³/mol. The van der Waals surface area contributed by atoms with E-state index in [9.17, 15) is 9.90 Å². The maximum Gasteiger partial charge on any atom is 0.512 e. The summed E-state index contributed by atoms with van der Waals surface area (Å²) >= 11 is 0. The Bertz CT molecular complexity index is 669. The van der Waals surface area contributed by atoms with Gasteiger partial charge < -0.3 is 19.0 Å². The first-order valence-electron chi connectivity index (χ1n) is 7.39. The van der Waals surface area contributed by atoms with Crippen LogP contribution in [0, 0.1) is 0 Å². The second-order valence-electron chi connectivity index (χ2n) is 6.10. The second kappa shape index (κ2) is 6.82. The Morgan fingerprint density at radius 1 is 1.25 bits per heavy atom. The van der Waals surface area contributed by atoms with E-state index in [4.69, 9.17) is 13.9 Å². The highest BCUT2D eigenvalue weighted by Gasteiger charge is 2.41. The first kappa shape index (κ1) is 17.7. The maximum atomic E-state index is 12.6. The fraction of sp³-hybridized carbons (Fsp3) is 0.412. The lowest BCUT2D eigenvalue weighted by atomic mass is 10.2. The standard InChI is InChI=1S/C17H21NO6/c1-17(2,3)24-13-10-18(11-6-8-12(21-4)9-7-11)15(19)14(23-13)16(20)22-5/h6-9H,10H2,1-5H3. The third-order valence-corrected chi connectivity index (χ3v) is 3.12. The summed E-state index contributed by atoms with van der Waals surface area (Å²) in [6, 6.07) is 6.87. The Labute approximate surface area is 140 Å². The highest BCUT2D eigenvalue weighted by atomic mass is 16.6. The van der Waals surface area contributed by atoms with Crippen molar-refractivity contribution < 1.29 is 28.5 Å². The van der Waals surface area contributed by atoms with E-state index in [0.29, 0.717) is 11.4 Å². The van der Waals surface area contributed by atoms with Crippen LogP contribution in [0.5, 0.6) is 5.75 Å². The van der Waals surface area contributed by atoms with E-state index in [1.807, 2.05) is 20.8 Å². The molecule has 1 aromatic carbocycles. The molecule has 0 aliphatic carbocycles. The molecule has 7 nitrogen and oxygen atoms in total. The number of cyclic esters (lactones) is 1. The number of benzene rings is 1. The van der Waals surface area contributed by atoms with Crippen LogP contribution in [0.15, 0.2) is 36.0 Å². The quantitative estimate of drug-likeness (QED) is 0.357. The largest absolute Gasteiger partial charge is 0.612 e. The third-order valence-electron chi connectivity index (χ3n) is 3.12. The van der Waals surface area contributed by atoms with E-state index in [1.165, 1.54) is 12.0 Å². The Hall–Kier alpha value is -2.70. The summed E-state index contributed by atoms with van der Waals surface area (Å²) in [7, 11) is 2.74. The fourth-order valence-electron chi connectivity index (χ4n) is 2.10. The summed E-state index contributed by atoms with van der Waals surface area (Å²) in [6.07, 6.45) is 0. The number of methoxy groups -OCH3 is 2. The van der Waals surface area contributed by atoms with Crippen LogP contribution in [-0.2, 0) is 18.7 Å². The lowest BCUT2D eigenvalue weighted by Gasteiger charge is -2.25. The average molecular weight is 335 g/mol. The van der Waals surface area contributed by atoms with Crippen LogP contribution in [0.3, 0.4) is 0 Å². The number of carbonyl (C=O) groups excluding carboxylic acids is 2. The summed E-state index contributed by atoms with van der Waals surface area (Å²) in [5.41, 5.74) is 0.0446. The van der Waals surface area contributed by atoms with E-state index in [1.54, 1.807) is 31.4 Å². The zero-order chi connectivity index (χ0) is 17.9. The normalized spacial score (nSPS) is 19.1. The molecule has 130 valence electrons. The molecule has 0 atom stereocenters. The van der Waals surface area contributed by atoms with E-state index in [0.717, 1.165) is 0 Å². The van der Waals surface area contributed by atoms with Crippen molar-refractivity contribution in [3.63, 3.8) is 0 Å². The summed E-state index contributed by atoms with van der Waals surface area (Å²) in [4.78, 5) is 13.9. The minimum Gasteiger partial charge on any atom is -0.612 e. The Balaban J connectivity index is 2.44. The summed E-state index contributed by atoms with van der Waals surface area (Å²) in [5.74, 6) is -1.06. The highest BCUT2D eigenvalue weighted by Crippen LogP contribution is 2.25. The van der Waals surface area contributed by atoms with Gasteiger partial charge in [0.2, 0.25) is 0 Å². The van der Waals surface area contributed by atoms with Crippen LogP contribution in [0.2, 0.25) is 0 Å². The molecule has 1 amide bonds. The second-order valence-corrected chi connectivity index (χ2v) is 6.10. The maximum absolute atomic E-state index is 12.6.